The Morgan fingerprint density at radius 2 is 1.59 bits per heavy atom. The number of benzene rings is 2. The molecule has 2 aliphatic rings. The Kier molecular flexibility index (Phi) is 7.64. The fraction of sp³-hybridized carbons (Fsp3) is 0.385. The minimum atomic E-state index is -3.48. The first-order valence-corrected chi connectivity index (χ1v) is 14.8. The van der Waals surface area contributed by atoms with E-state index in [1.807, 2.05) is 23.1 Å². The molecule has 2 fully saturated rings. The lowest BCUT2D eigenvalue weighted by molar-refractivity contribution is 0.383. The van der Waals surface area contributed by atoms with Gasteiger partial charge in [0.05, 0.1) is 28.2 Å². The van der Waals surface area contributed by atoms with E-state index in [1.165, 1.54) is 16.1 Å². The summed E-state index contributed by atoms with van der Waals surface area (Å²) in [6.07, 6.45) is 5.73. The predicted octanol–water partition coefficient (Wildman–Crippen LogP) is 4.20. The van der Waals surface area contributed by atoms with Gasteiger partial charge in [0.15, 0.2) is 0 Å². The number of halogens is 2. The fourth-order valence-electron chi connectivity index (χ4n) is 4.87. The molecule has 0 N–H and O–H groups in total. The highest BCUT2D eigenvalue weighted by atomic mass is 32.2. The Hall–Kier alpha value is -2.76. The summed E-state index contributed by atoms with van der Waals surface area (Å²) < 4.78 is 56.2. The van der Waals surface area contributed by atoms with Gasteiger partial charge >= 0.3 is 0 Å². The molecule has 1 aliphatic carbocycles. The number of aromatic nitrogens is 2. The zero-order valence-corrected chi connectivity index (χ0v) is 21.9. The second kappa shape index (κ2) is 10.9. The Morgan fingerprint density at radius 1 is 0.946 bits per heavy atom. The molecule has 1 aliphatic heterocycles. The van der Waals surface area contributed by atoms with E-state index in [2.05, 4.69) is 5.10 Å². The number of sulfonamides is 1. The van der Waals surface area contributed by atoms with Gasteiger partial charge in [0.2, 0.25) is 10.0 Å². The minimum Gasteiger partial charge on any atom is -0.367 e. The van der Waals surface area contributed by atoms with Crippen LogP contribution < -0.4 is 10.5 Å². The highest BCUT2D eigenvalue weighted by Gasteiger charge is 2.30. The molecule has 1 saturated heterocycles. The van der Waals surface area contributed by atoms with Crippen LogP contribution in [0.2, 0.25) is 0 Å². The molecular formula is C26H28F2N4O3S2. The van der Waals surface area contributed by atoms with Crippen LogP contribution in [0, 0.1) is 11.6 Å². The lowest BCUT2D eigenvalue weighted by atomic mass is 10.2. The predicted molar refractivity (Wildman–Crippen MR) is 141 cm³/mol. The van der Waals surface area contributed by atoms with Crippen LogP contribution in [-0.2, 0) is 15.8 Å². The first-order valence-electron chi connectivity index (χ1n) is 12.3. The van der Waals surface area contributed by atoms with Crippen molar-refractivity contribution in [2.45, 2.75) is 41.6 Å². The van der Waals surface area contributed by atoms with Crippen molar-refractivity contribution in [2.75, 3.05) is 31.1 Å². The monoisotopic (exact) mass is 546 g/mol. The van der Waals surface area contributed by atoms with Crippen LogP contribution in [0.15, 0.2) is 64.4 Å². The molecule has 1 aromatic heterocycles. The summed E-state index contributed by atoms with van der Waals surface area (Å²) in [5.74, 6) is -1.63. The largest absolute Gasteiger partial charge is 0.367 e. The van der Waals surface area contributed by atoms with Gasteiger partial charge in [-0.15, -0.1) is 11.8 Å². The zero-order valence-electron chi connectivity index (χ0n) is 20.2. The smallest absolute Gasteiger partial charge is 0.287 e. The quantitative estimate of drug-likeness (QED) is 0.442. The maximum absolute atomic E-state index is 13.9. The number of hydrogen-bond acceptors (Lipinski definition) is 6. The van der Waals surface area contributed by atoms with Gasteiger partial charge in [0, 0.05) is 37.5 Å². The van der Waals surface area contributed by atoms with Gasteiger partial charge in [-0.3, -0.25) is 4.79 Å². The van der Waals surface area contributed by atoms with E-state index < -0.39 is 27.2 Å². The van der Waals surface area contributed by atoms with Crippen molar-refractivity contribution in [3.8, 4) is 5.69 Å². The second-order valence-electron chi connectivity index (χ2n) is 9.36. The van der Waals surface area contributed by atoms with Crippen molar-refractivity contribution in [3.05, 3.63) is 82.3 Å². The van der Waals surface area contributed by atoms with Crippen LogP contribution in [0.5, 0.6) is 0 Å². The molecule has 0 bridgehead atoms. The first kappa shape index (κ1) is 25.9. The second-order valence-corrected chi connectivity index (χ2v) is 12.6. The topological polar surface area (TPSA) is 75.5 Å². The average Bonchev–Trinajstić information content (AvgIpc) is 3.38. The zero-order chi connectivity index (χ0) is 26.0. The normalized spacial score (nSPS) is 17.4. The molecular weight excluding hydrogens is 518 g/mol. The maximum atomic E-state index is 13.9. The molecule has 0 amide bonds. The van der Waals surface area contributed by atoms with Gasteiger partial charge in [-0.05, 0) is 30.5 Å². The summed E-state index contributed by atoms with van der Waals surface area (Å²) in [7, 11) is -3.48. The maximum Gasteiger partial charge on any atom is 0.287 e. The number of rotatable bonds is 7. The highest BCUT2D eigenvalue weighted by Crippen LogP contribution is 2.37. The molecule has 1 saturated carbocycles. The standard InChI is InChI=1S/C26H28F2N4O3S2/c27-20-14-21(28)16-22(15-20)32-26(33)25(36-23-8-4-5-9-23)24(17-29-32)30-10-12-31(13-11-30)37(34,35)18-19-6-2-1-3-7-19/h1-3,6-7,14-17,23H,4-5,8-13,18H2. The average molecular weight is 547 g/mol. The van der Waals surface area contributed by atoms with Gasteiger partial charge in [-0.1, -0.05) is 43.2 Å². The third-order valence-electron chi connectivity index (χ3n) is 6.76. The van der Waals surface area contributed by atoms with Crippen molar-refractivity contribution in [2.24, 2.45) is 0 Å². The Balaban J connectivity index is 1.40. The van der Waals surface area contributed by atoms with Crippen LogP contribution in [0.4, 0.5) is 14.5 Å². The summed E-state index contributed by atoms with van der Waals surface area (Å²) in [6, 6.07) is 12.0. The van der Waals surface area contributed by atoms with E-state index >= 15 is 0 Å². The SMILES string of the molecule is O=c1c(SC2CCCC2)c(N2CCN(S(=O)(=O)Cc3ccccc3)CC2)cnn1-c1cc(F)cc(F)c1. The Morgan fingerprint density at radius 3 is 2.24 bits per heavy atom. The molecule has 2 heterocycles. The van der Waals surface area contributed by atoms with Gasteiger partial charge in [-0.2, -0.15) is 14.1 Å². The fourth-order valence-corrected chi connectivity index (χ4v) is 7.78. The van der Waals surface area contributed by atoms with Gasteiger partial charge in [-0.25, -0.2) is 17.2 Å². The minimum absolute atomic E-state index is 0.0270. The van der Waals surface area contributed by atoms with Crippen LogP contribution in [0.25, 0.3) is 5.69 Å². The Labute approximate surface area is 219 Å². The lowest BCUT2D eigenvalue weighted by Crippen LogP contribution is -2.49. The number of thioether (sulfide) groups is 1. The third-order valence-corrected chi connectivity index (χ3v) is 10.0. The van der Waals surface area contributed by atoms with Crippen LogP contribution >= 0.6 is 11.8 Å². The summed E-state index contributed by atoms with van der Waals surface area (Å²) in [6.45, 7) is 1.40. The summed E-state index contributed by atoms with van der Waals surface area (Å²) in [5.41, 5.74) is 0.967. The van der Waals surface area contributed by atoms with Crippen molar-refractivity contribution < 1.29 is 17.2 Å². The number of anilines is 1. The van der Waals surface area contributed by atoms with E-state index in [4.69, 9.17) is 0 Å². The van der Waals surface area contributed by atoms with E-state index in [0.717, 1.165) is 54.1 Å². The Bertz CT molecular complexity index is 1400. The molecule has 0 radical (unpaired) electrons. The van der Waals surface area contributed by atoms with Gasteiger partial charge < -0.3 is 4.90 Å². The van der Waals surface area contributed by atoms with E-state index in [9.17, 15) is 22.0 Å². The number of nitrogens with zero attached hydrogens (tertiary/aromatic N) is 4. The molecule has 196 valence electrons. The molecule has 11 heteroatoms. The lowest BCUT2D eigenvalue weighted by Gasteiger charge is -2.36. The van der Waals surface area contributed by atoms with Crippen molar-refractivity contribution >= 4 is 27.5 Å². The van der Waals surface area contributed by atoms with Crippen LogP contribution in [0.3, 0.4) is 0 Å². The molecule has 0 unspecified atom stereocenters. The highest BCUT2D eigenvalue weighted by molar-refractivity contribution is 8.00. The van der Waals surface area contributed by atoms with E-state index in [1.54, 1.807) is 18.3 Å². The number of hydrogen-bond donors (Lipinski definition) is 0. The first-order chi connectivity index (χ1) is 17.8. The van der Waals surface area contributed by atoms with Crippen molar-refractivity contribution in [1.82, 2.24) is 14.1 Å². The summed E-state index contributed by atoms with van der Waals surface area (Å²) in [4.78, 5) is 16.0. The molecule has 0 spiro atoms. The molecule has 37 heavy (non-hydrogen) atoms. The van der Waals surface area contributed by atoms with E-state index in [-0.39, 0.29) is 16.7 Å². The number of piperazine rings is 1. The molecule has 7 nitrogen and oxygen atoms in total. The summed E-state index contributed by atoms with van der Waals surface area (Å²) >= 11 is 1.49. The molecule has 3 aromatic rings. The summed E-state index contributed by atoms with van der Waals surface area (Å²) in [5, 5.41) is 4.53. The van der Waals surface area contributed by atoms with Crippen LogP contribution in [0.1, 0.15) is 31.2 Å². The molecule has 0 atom stereocenters. The van der Waals surface area contributed by atoms with Crippen LogP contribution in [-0.4, -0.2) is 53.9 Å². The van der Waals surface area contributed by atoms with Gasteiger partial charge in [0.25, 0.3) is 5.56 Å². The molecule has 5 rings (SSSR count). The van der Waals surface area contributed by atoms with Crippen molar-refractivity contribution in [1.29, 1.82) is 0 Å². The van der Waals surface area contributed by atoms with Crippen molar-refractivity contribution in [3.63, 3.8) is 0 Å². The third kappa shape index (κ3) is 5.89. The van der Waals surface area contributed by atoms with E-state index in [0.29, 0.717) is 36.8 Å². The van der Waals surface area contributed by atoms with Gasteiger partial charge in [0.1, 0.15) is 11.6 Å². The molecule has 2 aromatic carbocycles.